The van der Waals surface area contributed by atoms with Gasteiger partial charge in [-0.05, 0) is 30.9 Å². The Hall–Kier alpha value is -0.460. The average Bonchev–Trinajstić information content (AvgIpc) is 2.89. The summed E-state index contributed by atoms with van der Waals surface area (Å²) in [6, 6.07) is 0. The van der Waals surface area contributed by atoms with Gasteiger partial charge in [0.25, 0.3) is 0 Å². The molecule has 0 spiro atoms. The first kappa shape index (κ1) is 14.5. The molecule has 2 aliphatic rings. The van der Waals surface area contributed by atoms with Crippen LogP contribution in [0.1, 0.15) is 59.8 Å². The highest BCUT2D eigenvalue weighted by Gasteiger charge is 2.22. The van der Waals surface area contributed by atoms with E-state index in [2.05, 4.69) is 17.6 Å². The molecule has 1 aliphatic heterocycles. The predicted molar refractivity (Wildman–Crippen MR) is 69.9 cm³/mol. The van der Waals surface area contributed by atoms with Crippen LogP contribution in [0.15, 0.2) is 12.3 Å². The first-order valence-electron chi connectivity index (χ1n) is 6.87. The standard InChI is InChI=1S/C10H17N.2C2H6/c1-2-4-9(5-3-1)10-6-7-11-8-10;2*1-2/h6-7,9-11H,1-5,8H2;2*1-2H3. The Bertz CT molecular complexity index is 145. The number of rotatable bonds is 1. The normalized spacial score (nSPS) is 24.4. The van der Waals surface area contributed by atoms with E-state index in [1.165, 1.54) is 38.6 Å². The van der Waals surface area contributed by atoms with Crippen molar-refractivity contribution in [2.24, 2.45) is 11.8 Å². The van der Waals surface area contributed by atoms with E-state index in [9.17, 15) is 0 Å². The van der Waals surface area contributed by atoms with E-state index in [0.29, 0.717) is 0 Å². The van der Waals surface area contributed by atoms with E-state index in [4.69, 9.17) is 0 Å². The molecular formula is C14H29N. The lowest BCUT2D eigenvalue weighted by molar-refractivity contribution is 0.292. The van der Waals surface area contributed by atoms with E-state index < -0.39 is 0 Å². The van der Waals surface area contributed by atoms with Crippen molar-refractivity contribution in [2.75, 3.05) is 6.54 Å². The lowest BCUT2D eigenvalue weighted by Crippen LogP contribution is -2.20. The van der Waals surface area contributed by atoms with E-state index >= 15 is 0 Å². The third kappa shape index (κ3) is 5.25. The summed E-state index contributed by atoms with van der Waals surface area (Å²) in [4.78, 5) is 0. The largest absolute Gasteiger partial charge is 0.391 e. The van der Waals surface area contributed by atoms with Gasteiger partial charge < -0.3 is 5.32 Å². The molecule has 0 radical (unpaired) electrons. The Labute approximate surface area is 96.3 Å². The van der Waals surface area contributed by atoms with Crippen LogP contribution < -0.4 is 5.32 Å². The Morgan fingerprint density at radius 2 is 1.53 bits per heavy atom. The fourth-order valence-corrected chi connectivity index (χ4v) is 2.35. The van der Waals surface area contributed by atoms with Crippen molar-refractivity contribution in [3.05, 3.63) is 12.3 Å². The van der Waals surface area contributed by atoms with Crippen LogP contribution in [0.5, 0.6) is 0 Å². The van der Waals surface area contributed by atoms with Gasteiger partial charge in [0.1, 0.15) is 0 Å². The highest BCUT2D eigenvalue weighted by atomic mass is 14.9. The molecule has 2 rings (SSSR count). The van der Waals surface area contributed by atoms with E-state index in [1.807, 2.05) is 27.7 Å². The second-order valence-corrected chi connectivity index (χ2v) is 3.83. The fourth-order valence-electron chi connectivity index (χ4n) is 2.35. The van der Waals surface area contributed by atoms with Crippen LogP contribution >= 0.6 is 0 Å². The van der Waals surface area contributed by atoms with Gasteiger partial charge in [0.15, 0.2) is 0 Å². The summed E-state index contributed by atoms with van der Waals surface area (Å²) in [6.45, 7) is 9.20. The Morgan fingerprint density at radius 1 is 0.933 bits per heavy atom. The molecular weight excluding hydrogens is 182 g/mol. The van der Waals surface area contributed by atoms with Gasteiger partial charge in [0.05, 0.1) is 0 Å². The summed E-state index contributed by atoms with van der Waals surface area (Å²) in [7, 11) is 0. The molecule has 90 valence electrons. The van der Waals surface area contributed by atoms with Gasteiger partial charge in [-0.25, -0.2) is 0 Å². The Balaban J connectivity index is 0.000000442. The topological polar surface area (TPSA) is 12.0 Å². The lowest BCUT2D eigenvalue weighted by atomic mass is 9.80. The van der Waals surface area contributed by atoms with Crippen molar-refractivity contribution in [1.82, 2.24) is 5.32 Å². The van der Waals surface area contributed by atoms with Crippen molar-refractivity contribution in [2.45, 2.75) is 59.8 Å². The SMILES string of the molecule is C1=CC(C2CCCCC2)CN1.CC.CC. The third-order valence-corrected chi connectivity index (χ3v) is 3.07. The quantitative estimate of drug-likeness (QED) is 0.680. The van der Waals surface area contributed by atoms with Crippen LogP contribution in [0.3, 0.4) is 0 Å². The molecule has 0 bridgehead atoms. The molecule has 0 aromatic rings. The highest BCUT2D eigenvalue weighted by Crippen LogP contribution is 2.31. The van der Waals surface area contributed by atoms with Crippen LogP contribution in [0, 0.1) is 11.8 Å². The molecule has 1 fully saturated rings. The number of hydrogen-bond acceptors (Lipinski definition) is 1. The maximum atomic E-state index is 3.29. The van der Waals surface area contributed by atoms with Crippen molar-refractivity contribution in [3.8, 4) is 0 Å². The van der Waals surface area contributed by atoms with E-state index in [1.54, 1.807) is 0 Å². The van der Waals surface area contributed by atoms with Crippen molar-refractivity contribution >= 4 is 0 Å². The first-order chi connectivity index (χ1) is 7.47. The van der Waals surface area contributed by atoms with Crippen LogP contribution in [0.2, 0.25) is 0 Å². The molecule has 1 heterocycles. The van der Waals surface area contributed by atoms with Gasteiger partial charge in [0.2, 0.25) is 0 Å². The summed E-state index contributed by atoms with van der Waals surface area (Å²) >= 11 is 0. The average molecular weight is 211 g/mol. The molecule has 1 atom stereocenters. The molecule has 15 heavy (non-hydrogen) atoms. The zero-order valence-electron chi connectivity index (χ0n) is 11.1. The molecule has 1 nitrogen and oxygen atoms in total. The molecule has 0 aromatic heterocycles. The van der Waals surface area contributed by atoms with Gasteiger partial charge in [-0.2, -0.15) is 0 Å². The number of hydrogen-bond donors (Lipinski definition) is 1. The smallest absolute Gasteiger partial charge is 0.0207 e. The molecule has 1 heteroatoms. The second kappa shape index (κ2) is 10.1. The molecule has 1 saturated carbocycles. The number of nitrogens with one attached hydrogen (secondary N) is 1. The maximum absolute atomic E-state index is 3.29. The molecule has 0 saturated heterocycles. The van der Waals surface area contributed by atoms with Gasteiger partial charge in [0, 0.05) is 6.54 Å². The summed E-state index contributed by atoms with van der Waals surface area (Å²) < 4.78 is 0. The van der Waals surface area contributed by atoms with Gasteiger partial charge in [-0.15, -0.1) is 0 Å². The van der Waals surface area contributed by atoms with E-state index in [-0.39, 0.29) is 0 Å². The Kier molecular flexibility index (Phi) is 9.76. The van der Waals surface area contributed by atoms with Crippen molar-refractivity contribution < 1.29 is 0 Å². The minimum absolute atomic E-state index is 0.857. The summed E-state index contributed by atoms with van der Waals surface area (Å²) in [5, 5.41) is 3.29. The zero-order valence-corrected chi connectivity index (χ0v) is 11.1. The fraction of sp³-hybridized carbons (Fsp3) is 0.857. The predicted octanol–water partition coefficient (Wildman–Crippen LogP) is 4.35. The first-order valence-corrected chi connectivity index (χ1v) is 6.87. The van der Waals surface area contributed by atoms with Crippen molar-refractivity contribution in [3.63, 3.8) is 0 Å². The van der Waals surface area contributed by atoms with Gasteiger partial charge >= 0.3 is 0 Å². The second-order valence-electron chi connectivity index (χ2n) is 3.83. The highest BCUT2D eigenvalue weighted by molar-refractivity contribution is 4.98. The van der Waals surface area contributed by atoms with E-state index in [0.717, 1.165) is 11.8 Å². The summed E-state index contributed by atoms with van der Waals surface area (Å²) in [5.74, 6) is 1.85. The maximum Gasteiger partial charge on any atom is 0.0207 e. The van der Waals surface area contributed by atoms with Crippen LogP contribution in [0.4, 0.5) is 0 Å². The molecule has 1 N–H and O–H groups in total. The van der Waals surface area contributed by atoms with Crippen LogP contribution in [-0.4, -0.2) is 6.54 Å². The molecule has 0 amide bonds. The zero-order chi connectivity index (χ0) is 11.5. The minimum atomic E-state index is 0.857. The summed E-state index contributed by atoms with van der Waals surface area (Å²) in [6.07, 6.45) is 11.8. The minimum Gasteiger partial charge on any atom is -0.391 e. The lowest BCUT2D eigenvalue weighted by Gasteiger charge is -2.25. The van der Waals surface area contributed by atoms with Crippen LogP contribution in [0.25, 0.3) is 0 Å². The Morgan fingerprint density at radius 3 is 2.00 bits per heavy atom. The van der Waals surface area contributed by atoms with Crippen LogP contribution in [-0.2, 0) is 0 Å². The van der Waals surface area contributed by atoms with Gasteiger partial charge in [-0.1, -0.05) is 53.0 Å². The van der Waals surface area contributed by atoms with Gasteiger partial charge in [-0.3, -0.25) is 0 Å². The molecule has 1 aliphatic carbocycles. The summed E-state index contributed by atoms with van der Waals surface area (Å²) in [5.41, 5.74) is 0. The van der Waals surface area contributed by atoms with Crippen molar-refractivity contribution in [1.29, 1.82) is 0 Å². The molecule has 0 aromatic carbocycles. The molecule has 1 unspecified atom stereocenters. The third-order valence-electron chi connectivity index (χ3n) is 3.07. The monoisotopic (exact) mass is 211 g/mol.